The lowest BCUT2D eigenvalue weighted by Crippen LogP contribution is -2.13. The number of rotatable bonds is 4. The van der Waals surface area contributed by atoms with E-state index >= 15 is 0 Å². The number of aromatic nitrogens is 4. The van der Waals surface area contributed by atoms with Crippen molar-refractivity contribution in [1.29, 1.82) is 0 Å². The number of hydrogen-bond acceptors (Lipinski definition) is 5. The summed E-state index contributed by atoms with van der Waals surface area (Å²) in [5.41, 5.74) is 2.97. The Kier molecular flexibility index (Phi) is 4.32. The van der Waals surface area contributed by atoms with Crippen LogP contribution in [0.5, 0.6) is 0 Å². The van der Waals surface area contributed by atoms with Crippen molar-refractivity contribution in [3.8, 4) is 22.8 Å². The molecule has 26 heavy (non-hydrogen) atoms. The molecule has 6 nitrogen and oxygen atoms in total. The first-order valence-electron chi connectivity index (χ1n) is 8.62. The summed E-state index contributed by atoms with van der Waals surface area (Å²) in [6.07, 6.45) is 7.88. The standard InChI is InChI=1S/C19H20N4O2S/c1-14-4-2-3-5-17(14)18-21-10-16(11-22-18)19-20-7-8-23(19)12-15-6-9-26(24,25)13-15/h2-5,7-8,10-11,15H,6,9,12-13H2,1H3. The van der Waals surface area contributed by atoms with E-state index in [0.29, 0.717) is 18.8 Å². The van der Waals surface area contributed by atoms with Crippen molar-refractivity contribution >= 4 is 9.84 Å². The van der Waals surface area contributed by atoms with Gasteiger partial charge in [-0.15, -0.1) is 0 Å². The van der Waals surface area contributed by atoms with Gasteiger partial charge in [-0.3, -0.25) is 0 Å². The van der Waals surface area contributed by atoms with Crippen LogP contribution in [-0.2, 0) is 16.4 Å². The van der Waals surface area contributed by atoms with Gasteiger partial charge in [-0.1, -0.05) is 24.3 Å². The van der Waals surface area contributed by atoms with Gasteiger partial charge in [0.1, 0.15) is 5.82 Å². The molecule has 1 unspecified atom stereocenters. The highest BCUT2D eigenvalue weighted by atomic mass is 32.2. The molecule has 0 N–H and O–H groups in total. The molecule has 1 atom stereocenters. The van der Waals surface area contributed by atoms with Crippen LogP contribution < -0.4 is 0 Å². The molecular weight excluding hydrogens is 348 g/mol. The zero-order valence-corrected chi connectivity index (χ0v) is 15.4. The first-order valence-corrected chi connectivity index (χ1v) is 10.4. The molecule has 1 aliphatic heterocycles. The van der Waals surface area contributed by atoms with Crippen LogP contribution in [0.2, 0.25) is 0 Å². The van der Waals surface area contributed by atoms with Crippen molar-refractivity contribution in [2.75, 3.05) is 11.5 Å². The zero-order valence-electron chi connectivity index (χ0n) is 14.5. The highest BCUT2D eigenvalue weighted by Gasteiger charge is 2.28. The molecule has 1 aliphatic rings. The van der Waals surface area contributed by atoms with Crippen LogP contribution in [0.3, 0.4) is 0 Å². The molecule has 0 bridgehead atoms. The third-order valence-corrected chi connectivity index (χ3v) is 6.63. The number of benzene rings is 1. The first kappa shape index (κ1) is 16.9. The van der Waals surface area contributed by atoms with Gasteiger partial charge in [-0.2, -0.15) is 0 Å². The van der Waals surface area contributed by atoms with E-state index in [4.69, 9.17) is 0 Å². The summed E-state index contributed by atoms with van der Waals surface area (Å²) in [6.45, 7) is 2.68. The summed E-state index contributed by atoms with van der Waals surface area (Å²) in [5, 5.41) is 0. The molecule has 0 amide bonds. The summed E-state index contributed by atoms with van der Waals surface area (Å²) >= 11 is 0. The van der Waals surface area contributed by atoms with Crippen molar-refractivity contribution in [3.63, 3.8) is 0 Å². The zero-order chi connectivity index (χ0) is 18.1. The van der Waals surface area contributed by atoms with E-state index < -0.39 is 9.84 Å². The molecule has 1 saturated heterocycles. The Hall–Kier alpha value is -2.54. The lowest BCUT2D eigenvalue weighted by molar-refractivity contribution is 0.493. The second-order valence-corrected chi connectivity index (χ2v) is 9.01. The van der Waals surface area contributed by atoms with Gasteiger partial charge < -0.3 is 4.57 Å². The van der Waals surface area contributed by atoms with E-state index in [1.54, 1.807) is 18.6 Å². The average molecular weight is 368 g/mol. The van der Waals surface area contributed by atoms with Crippen LogP contribution in [0.15, 0.2) is 49.1 Å². The Morgan fingerprint density at radius 3 is 2.62 bits per heavy atom. The lowest BCUT2D eigenvalue weighted by atomic mass is 10.1. The molecule has 7 heteroatoms. The SMILES string of the molecule is Cc1ccccc1-c1ncc(-c2nccn2CC2CCS(=O)(=O)C2)cn1. The second-order valence-electron chi connectivity index (χ2n) is 6.78. The molecule has 0 aliphatic carbocycles. The molecule has 0 radical (unpaired) electrons. The lowest BCUT2D eigenvalue weighted by Gasteiger charge is -2.12. The van der Waals surface area contributed by atoms with Crippen LogP contribution in [0, 0.1) is 12.8 Å². The smallest absolute Gasteiger partial charge is 0.159 e. The number of nitrogens with zero attached hydrogens (tertiary/aromatic N) is 4. The Labute approximate surface area is 152 Å². The minimum atomic E-state index is -2.87. The Balaban J connectivity index is 1.57. The van der Waals surface area contributed by atoms with Gasteiger partial charge in [0, 0.05) is 36.9 Å². The summed E-state index contributed by atoms with van der Waals surface area (Å²) in [6, 6.07) is 8.01. The van der Waals surface area contributed by atoms with E-state index in [9.17, 15) is 8.42 Å². The molecular formula is C19H20N4O2S. The number of imidazole rings is 1. The van der Waals surface area contributed by atoms with Crippen molar-refractivity contribution in [2.24, 2.45) is 5.92 Å². The number of aryl methyl sites for hydroxylation is 1. The molecule has 0 saturated carbocycles. The van der Waals surface area contributed by atoms with Crippen LogP contribution >= 0.6 is 0 Å². The normalized spacial score (nSPS) is 18.9. The van der Waals surface area contributed by atoms with Crippen LogP contribution in [0.1, 0.15) is 12.0 Å². The fraction of sp³-hybridized carbons (Fsp3) is 0.316. The van der Waals surface area contributed by atoms with Crippen LogP contribution in [-0.4, -0.2) is 39.4 Å². The van der Waals surface area contributed by atoms with Gasteiger partial charge in [-0.05, 0) is 24.8 Å². The monoisotopic (exact) mass is 368 g/mol. The van der Waals surface area contributed by atoms with Crippen molar-refractivity contribution in [2.45, 2.75) is 19.9 Å². The van der Waals surface area contributed by atoms with E-state index in [0.717, 1.165) is 22.5 Å². The van der Waals surface area contributed by atoms with E-state index in [-0.39, 0.29) is 17.4 Å². The molecule has 1 fully saturated rings. The molecule has 134 valence electrons. The minimum absolute atomic E-state index is 0.139. The quantitative estimate of drug-likeness (QED) is 0.708. The van der Waals surface area contributed by atoms with Crippen LogP contribution in [0.4, 0.5) is 0 Å². The predicted octanol–water partition coefficient (Wildman–Crippen LogP) is 2.75. The van der Waals surface area contributed by atoms with Gasteiger partial charge in [-0.25, -0.2) is 23.4 Å². The van der Waals surface area contributed by atoms with Gasteiger partial charge in [0.25, 0.3) is 0 Å². The Bertz CT molecular complexity index is 1030. The maximum atomic E-state index is 11.7. The third kappa shape index (κ3) is 3.39. The van der Waals surface area contributed by atoms with Gasteiger partial charge >= 0.3 is 0 Å². The molecule has 4 rings (SSSR count). The summed E-state index contributed by atoms with van der Waals surface area (Å²) < 4.78 is 25.4. The summed E-state index contributed by atoms with van der Waals surface area (Å²) in [7, 11) is -2.87. The Morgan fingerprint density at radius 1 is 1.15 bits per heavy atom. The predicted molar refractivity (Wildman–Crippen MR) is 100 cm³/mol. The van der Waals surface area contributed by atoms with E-state index in [2.05, 4.69) is 15.0 Å². The fourth-order valence-electron chi connectivity index (χ4n) is 3.42. The number of sulfone groups is 1. The van der Waals surface area contributed by atoms with Crippen molar-refractivity contribution < 1.29 is 8.42 Å². The third-order valence-electron chi connectivity index (χ3n) is 4.79. The van der Waals surface area contributed by atoms with Gasteiger partial charge in [0.2, 0.25) is 0 Å². The molecule has 1 aromatic carbocycles. The molecule has 3 heterocycles. The van der Waals surface area contributed by atoms with E-state index in [1.165, 1.54) is 0 Å². The summed E-state index contributed by atoms with van der Waals surface area (Å²) in [5.74, 6) is 2.14. The highest BCUT2D eigenvalue weighted by Crippen LogP contribution is 2.25. The molecule has 0 spiro atoms. The van der Waals surface area contributed by atoms with Crippen molar-refractivity contribution in [3.05, 3.63) is 54.6 Å². The highest BCUT2D eigenvalue weighted by molar-refractivity contribution is 7.91. The van der Waals surface area contributed by atoms with Crippen LogP contribution in [0.25, 0.3) is 22.8 Å². The minimum Gasteiger partial charge on any atom is -0.331 e. The maximum Gasteiger partial charge on any atom is 0.159 e. The summed E-state index contributed by atoms with van der Waals surface area (Å²) in [4.78, 5) is 13.4. The fourth-order valence-corrected chi connectivity index (χ4v) is 5.27. The Morgan fingerprint density at radius 2 is 1.92 bits per heavy atom. The molecule has 3 aromatic rings. The molecule has 2 aromatic heterocycles. The van der Waals surface area contributed by atoms with Crippen molar-refractivity contribution in [1.82, 2.24) is 19.5 Å². The van der Waals surface area contributed by atoms with E-state index in [1.807, 2.05) is 42.0 Å². The maximum absolute atomic E-state index is 11.7. The largest absolute Gasteiger partial charge is 0.331 e. The first-order chi connectivity index (χ1) is 12.5. The average Bonchev–Trinajstić information content (AvgIpc) is 3.22. The van der Waals surface area contributed by atoms with Gasteiger partial charge in [0.15, 0.2) is 15.7 Å². The van der Waals surface area contributed by atoms with Gasteiger partial charge in [0.05, 0.1) is 17.1 Å². The second kappa shape index (κ2) is 6.64. The topological polar surface area (TPSA) is 77.7 Å². The number of hydrogen-bond donors (Lipinski definition) is 0.